The average molecular weight is 180 g/mol. The molecule has 0 aromatic rings. The van der Waals surface area contributed by atoms with Gasteiger partial charge in [0.2, 0.25) is 0 Å². The van der Waals surface area contributed by atoms with Crippen molar-refractivity contribution in [1.29, 1.82) is 0 Å². The van der Waals surface area contributed by atoms with Crippen LogP contribution in [0.4, 0.5) is 0 Å². The summed E-state index contributed by atoms with van der Waals surface area (Å²) < 4.78 is 5.83. The van der Waals surface area contributed by atoms with Crippen LogP contribution in [0.25, 0.3) is 0 Å². The van der Waals surface area contributed by atoms with Gasteiger partial charge in [-0.15, -0.1) is 0 Å². The summed E-state index contributed by atoms with van der Waals surface area (Å²) >= 11 is 0. The Kier molecular flexibility index (Phi) is 1.74. The largest absolute Gasteiger partial charge is 0.378 e. The molecular weight excluding hydrogens is 160 g/mol. The van der Waals surface area contributed by atoms with E-state index in [-0.39, 0.29) is 0 Å². The van der Waals surface area contributed by atoms with Gasteiger partial charge in [0.1, 0.15) is 0 Å². The summed E-state index contributed by atoms with van der Waals surface area (Å²) in [6.07, 6.45) is 10.1. The molecule has 0 aromatic heterocycles. The number of methoxy groups -OCH3 is 1. The quantitative estimate of drug-likeness (QED) is 0.602. The summed E-state index contributed by atoms with van der Waals surface area (Å²) in [6.45, 7) is 0. The van der Waals surface area contributed by atoms with Gasteiger partial charge in [-0.25, -0.2) is 0 Å². The molecule has 0 N–H and O–H groups in total. The van der Waals surface area contributed by atoms with Gasteiger partial charge in [0.15, 0.2) is 0 Å². The molecule has 0 aliphatic heterocycles. The van der Waals surface area contributed by atoms with Crippen molar-refractivity contribution in [3.63, 3.8) is 0 Å². The lowest BCUT2D eigenvalue weighted by Gasteiger charge is -2.44. The standard InChI is InChI=1S/C12H20O/c1-13-12-3-2-9-4-10(7-12)6-11(5-9)8-12/h9-11H,2-8H2,1H3. The van der Waals surface area contributed by atoms with Crippen LogP contribution in [0.1, 0.15) is 44.9 Å². The minimum atomic E-state index is 0.318. The Morgan fingerprint density at radius 2 is 1.62 bits per heavy atom. The molecule has 2 atom stereocenters. The SMILES string of the molecule is COC12CCC3CC(CC(C3)C1)C2. The minimum absolute atomic E-state index is 0.318. The topological polar surface area (TPSA) is 9.23 Å². The predicted octanol–water partition coefficient (Wildman–Crippen LogP) is 2.99. The van der Waals surface area contributed by atoms with Crippen LogP contribution in [0.5, 0.6) is 0 Å². The molecule has 0 amide bonds. The third-order valence-corrected chi connectivity index (χ3v) is 4.76. The van der Waals surface area contributed by atoms with Crippen molar-refractivity contribution in [2.75, 3.05) is 7.11 Å². The zero-order valence-corrected chi connectivity index (χ0v) is 8.59. The molecule has 0 heterocycles. The highest BCUT2D eigenvalue weighted by atomic mass is 16.5. The van der Waals surface area contributed by atoms with E-state index in [9.17, 15) is 0 Å². The fraction of sp³-hybridized carbons (Fsp3) is 1.00. The molecular formula is C12H20O. The molecule has 4 fully saturated rings. The molecule has 4 rings (SSSR count). The first-order valence-corrected chi connectivity index (χ1v) is 5.85. The molecule has 0 saturated heterocycles. The zero-order valence-electron chi connectivity index (χ0n) is 8.59. The van der Waals surface area contributed by atoms with Crippen molar-refractivity contribution in [3.8, 4) is 0 Å². The van der Waals surface area contributed by atoms with E-state index >= 15 is 0 Å². The van der Waals surface area contributed by atoms with Crippen LogP contribution in [-0.4, -0.2) is 12.7 Å². The Bertz CT molecular complexity index is 197. The van der Waals surface area contributed by atoms with Gasteiger partial charge in [-0.3, -0.25) is 0 Å². The maximum absolute atomic E-state index is 5.83. The highest BCUT2D eigenvalue weighted by molar-refractivity contribution is 4.99. The predicted molar refractivity (Wildman–Crippen MR) is 52.5 cm³/mol. The summed E-state index contributed by atoms with van der Waals surface area (Å²) in [7, 11) is 1.94. The van der Waals surface area contributed by atoms with Crippen molar-refractivity contribution in [1.82, 2.24) is 0 Å². The van der Waals surface area contributed by atoms with E-state index in [0.717, 1.165) is 17.8 Å². The Labute approximate surface area is 80.8 Å². The highest BCUT2D eigenvalue weighted by Gasteiger charge is 2.47. The van der Waals surface area contributed by atoms with Gasteiger partial charge in [-0.05, 0) is 62.7 Å². The fourth-order valence-electron chi connectivity index (χ4n) is 4.35. The Hall–Kier alpha value is -0.0400. The first kappa shape index (κ1) is 8.28. The molecule has 0 spiro atoms. The number of rotatable bonds is 1. The zero-order chi connectivity index (χ0) is 8.89. The third kappa shape index (κ3) is 1.24. The van der Waals surface area contributed by atoms with Gasteiger partial charge in [-0.1, -0.05) is 0 Å². The third-order valence-electron chi connectivity index (χ3n) is 4.76. The monoisotopic (exact) mass is 180 g/mol. The molecule has 1 nitrogen and oxygen atoms in total. The number of hydrogen-bond acceptors (Lipinski definition) is 1. The molecule has 0 radical (unpaired) electrons. The first-order valence-electron chi connectivity index (χ1n) is 5.85. The summed E-state index contributed by atoms with van der Waals surface area (Å²) in [5.41, 5.74) is 0.318. The summed E-state index contributed by atoms with van der Waals surface area (Å²) in [6, 6.07) is 0. The highest BCUT2D eigenvalue weighted by Crippen LogP contribution is 2.54. The second-order valence-electron chi connectivity index (χ2n) is 5.64. The molecule has 1 heteroatoms. The van der Waals surface area contributed by atoms with Crippen molar-refractivity contribution in [2.24, 2.45) is 17.8 Å². The van der Waals surface area contributed by atoms with Crippen LogP contribution < -0.4 is 0 Å². The Morgan fingerprint density at radius 1 is 1.00 bits per heavy atom. The Balaban J connectivity index is 1.92. The van der Waals surface area contributed by atoms with Crippen LogP contribution in [0.3, 0.4) is 0 Å². The first-order chi connectivity index (χ1) is 6.30. The summed E-state index contributed by atoms with van der Waals surface area (Å²) in [4.78, 5) is 0. The second kappa shape index (κ2) is 2.73. The lowest BCUT2D eigenvalue weighted by molar-refractivity contribution is -0.0738. The van der Waals surface area contributed by atoms with Crippen LogP contribution in [0, 0.1) is 17.8 Å². The van der Waals surface area contributed by atoms with Crippen molar-refractivity contribution in [2.45, 2.75) is 50.5 Å². The maximum atomic E-state index is 5.83. The van der Waals surface area contributed by atoms with Crippen LogP contribution >= 0.6 is 0 Å². The van der Waals surface area contributed by atoms with E-state index in [1.807, 2.05) is 7.11 Å². The molecule has 2 unspecified atom stereocenters. The van der Waals surface area contributed by atoms with Gasteiger partial charge in [0.25, 0.3) is 0 Å². The van der Waals surface area contributed by atoms with Crippen LogP contribution in [0.2, 0.25) is 0 Å². The van der Waals surface area contributed by atoms with Gasteiger partial charge in [0, 0.05) is 7.11 Å². The van der Waals surface area contributed by atoms with Crippen LogP contribution in [0.15, 0.2) is 0 Å². The normalized spacial score (nSPS) is 53.8. The molecule has 0 aromatic carbocycles. The minimum Gasteiger partial charge on any atom is -0.378 e. The lowest BCUT2D eigenvalue weighted by atomic mass is 9.66. The fourth-order valence-corrected chi connectivity index (χ4v) is 4.35. The second-order valence-corrected chi connectivity index (χ2v) is 5.64. The molecule has 4 aliphatic rings. The smallest absolute Gasteiger partial charge is 0.0684 e. The van der Waals surface area contributed by atoms with Gasteiger partial charge >= 0.3 is 0 Å². The molecule has 74 valence electrons. The molecule has 13 heavy (non-hydrogen) atoms. The Morgan fingerprint density at radius 3 is 2.23 bits per heavy atom. The van der Waals surface area contributed by atoms with Gasteiger partial charge in [-0.2, -0.15) is 0 Å². The summed E-state index contributed by atoms with van der Waals surface area (Å²) in [5, 5.41) is 0. The van der Waals surface area contributed by atoms with Gasteiger partial charge < -0.3 is 4.74 Å². The van der Waals surface area contributed by atoms with E-state index in [0.29, 0.717) is 5.60 Å². The van der Waals surface area contributed by atoms with E-state index in [4.69, 9.17) is 4.74 Å². The molecule has 4 saturated carbocycles. The summed E-state index contributed by atoms with van der Waals surface area (Å²) in [5.74, 6) is 3.09. The van der Waals surface area contributed by atoms with Crippen LogP contribution in [-0.2, 0) is 4.74 Å². The molecule has 4 bridgehead atoms. The average Bonchev–Trinajstić information content (AvgIpc) is 2.32. The van der Waals surface area contributed by atoms with E-state index < -0.39 is 0 Å². The van der Waals surface area contributed by atoms with Crippen molar-refractivity contribution < 1.29 is 4.74 Å². The maximum Gasteiger partial charge on any atom is 0.0684 e. The van der Waals surface area contributed by atoms with Crippen molar-refractivity contribution >= 4 is 0 Å². The van der Waals surface area contributed by atoms with E-state index in [2.05, 4.69) is 0 Å². The van der Waals surface area contributed by atoms with E-state index in [1.165, 1.54) is 44.9 Å². The van der Waals surface area contributed by atoms with E-state index in [1.54, 1.807) is 0 Å². The number of hydrogen-bond donors (Lipinski definition) is 0. The van der Waals surface area contributed by atoms with Crippen molar-refractivity contribution in [3.05, 3.63) is 0 Å². The molecule has 4 aliphatic carbocycles. The number of ether oxygens (including phenoxy) is 1. The van der Waals surface area contributed by atoms with Gasteiger partial charge in [0.05, 0.1) is 5.60 Å². The number of fused-ring (bicyclic) bond motifs is 1. The lowest BCUT2D eigenvalue weighted by Crippen LogP contribution is -2.40.